The van der Waals surface area contributed by atoms with Crippen LogP contribution in [0.4, 0.5) is 0 Å². The van der Waals surface area contributed by atoms with E-state index in [-0.39, 0.29) is 22.6 Å². The molecule has 0 spiro atoms. The lowest BCUT2D eigenvalue weighted by atomic mass is 10.00. The fourth-order valence-corrected chi connectivity index (χ4v) is 3.52. The third kappa shape index (κ3) is 8.67. The number of unbranched alkanes of at least 4 members (excludes halogenated alkanes) is 2. The number of benzene rings is 1. The van der Waals surface area contributed by atoms with E-state index in [1.54, 1.807) is 0 Å². The Balaban J connectivity index is 3.21. The van der Waals surface area contributed by atoms with Gasteiger partial charge in [0.25, 0.3) is 11.8 Å². The molecule has 0 saturated heterocycles. The normalized spacial score (nSPS) is 12.7. The summed E-state index contributed by atoms with van der Waals surface area (Å²) < 4.78 is 12.0. The van der Waals surface area contributed by atoms with Crippen LogP contribution in [0.5, 0.6) is 11.5 Å². The first-order valence-corrected chi connectivity index (χ1v) is 11.9. The van der Waals surface area contributed by atoms with Gasteiger partial charge in [-0.05, 0) is 36.8 Å². The van der Waals surface area contributed by atoms with Crippen LogP contribution >= 0.6 is 0 Å². The number of nitrogens with one attached hydrogen (secondary N) is 2. The Kier molecular flexibility index (Phi) is 13.4. The van der Waals surface area contributed by atoms with Crippen LogP contribution in [0, 0.1) is 11.8 Å². The molecule has 182 valence electrons. The van der Waals surface area contributed by atoms with Gasteiger partial charge >= 0.3 is 0 Å². The highest BCUT2D eigenvalue weighted by molar-refractivity contribution is 6.02. The fourth-order valence-electron chi connectivity index (χ4n) is 3.52. The van der Waals surface area contributed by atoms with E-state index in [1.807, 2.05) is 0 Å². The van der Waals surface area contributed by atoms with Crippen molar-refractivity contribution in [2.45, 2.75) is 79.1 Å². The molecule has 0 aliphatic carbocycles. The van der Waals surface area contributed by atoms with Gasteiger partial charge in [0, 0.05) is 0 Å². The predicted octanol–water partition coefficient (Wildman–Crippen LogP) is 4.08. The molecule has 1 aromatic rings. The summed E-state index contributed by atoms with van der Waals surface area (Å²) in [6, 6.07) is 3.03. The van der Waals surface area contributed by atoms with Crippen molar-refractivity contribution in [2.75, 3.05) is 13.2 Å². The molecule has 2 unspecified atom stereocenters. The standard InChI is InChI=1S/C24H42N4O4/c1-5-9-11-17(7-3)15-31-21-13-20(24(30)28-26)22(14-19(21)23(29)27-25)32-16-18(8-4)12-10-6-2/h13-14,17-18H,5-12,15-16,25-26H2,1-4H3,(H,27,29)(H,28,30). The zero-order valence-corrected chi connectivity index (χ0v) is 20.2. The van der Waals surface area contributed by atoms with Crippen LogP contribution in [0.2, 0.25) is 0 Å². The maximum atomic E-state index is 12.5. The molecule has 2 atom stereocenters. The zero-order valence-electron chi connectivity index (χ0n) is 20.2. The summed E-state index contributed by atoms with van der Waals surface area (Å²) in [5.41, 5.74) is 4.75. The molecule has 0 fully saturated rings. The van der Waals surface area contributed by atoms with E-state index in [9.17, 15) is 9.59 Å². The van der Waals surface area contributed by atoms with E-state index in [0.717, 1.165) is 51.4 Å². The average molecular weight is 451 g/mol. The highest BCUT2D eigenvalue weighted by Crippen LogP contribution is 2.31. The van der Waals surface area contributed by atoms with Crippen LogP contribution in [0.25, 0.3) is 0 Å². The largest absolute Gasteiger partial charge is 0.492 e. The molecule has 0 bridgehead atoms. The summed E-state index contributed by atoms with van der Waals surface area (Å²) in [6.45, 7) is 9.42. The van der Waals surface area contributed by atoms with Crippen molar-refractivity contribution >= 4 is 11.8 Å². The van der Waals surface area contributed by atoms with Crippen molar-refractivity contribution < 1.29 is 19.1 Å². The molecule has 0 aliphatic rings. The fraction of sp³-hybridized carbons (Fsp3) is 0.667. The number of rotatable bonds is 16. The van der Waals surface area contributed by atoms with Gasteiger partial charge in [0.2, 0.25) is 0 Å². The molecular weight excluding hydrogens is 408 g/mol. The Bertz CT molecular complexity index is 652. The minimum atomic E-state index is -0.510. The highest BCUT2D eigenvalue weighted by Gasteiger charge is 2.22. The first-order chi connectivity index (χ1) is 15.4. The predicted molar refractivity (Wildman–Crippen MR) is 127 cm³/mol. The summed E-state index contributed by atoms with van der Waals surface area (Å²) in [5, 5.41) is 0. The minimum absolute atomic E-state index is 0.225. The molecule has 0 aliphatic heterocycles. The number of carbonyl (C=O) groups excluding carboxylic acids is 2. The lowest BCUT2D eigenvalue weighted by Gasteiger charge is -2.21. The van der Waals surface area contributed by atoms with E-state index in [4.69, 9.17) is 21.2 Å². The van der Waals surface area contributed by atoms with Crippen LogP contribution in [0.15, 0.2) is 12.1 Å². The molecule has 8 nitrogen and oxygen atoms in total. The summed E-state index contributed by atoms with van der Waals surface area (Å²) >= 11 is 0. The molecule has 1 aromatic carbocycles. The smallest absolute Gasteiger partial charge is 0.269 e. The lowest BCUT2D eigenvalue weighted by Crippen LogP contribution is -2.32. The van der Waals surface area contributed by atoms with E-state index >= 15 is 0 Å². The van der Waals surface area contributed by atoms with E-state index in [2.05, 4.69) is 38.5 Å². The van der Waals surface area contributed by atoms with E-state index in [0.29, 0.717) is 25.0 Å². The van der Waals surface area contributed by atoms with Gasteiger partial charge in [0.15, 0.2) is 0 Å². The lowest BCUT2D eigenvalue weighted by molar-refractivity contribution is 0.0932. The van der Waals surface area contributed by atoms with Crippen LogP contribution in [-0.2, 0) is 0 Å². The Labute approximate surface area is 192 Å². The van der Waals surface area contributed by atoms with E-state index < -0.39 is 11.8 Å². The van der Waals surface area contributed by atoms with Crippen molar-refractivity contribution in [3.05, 3.63) is 23.3 Å². The quantitative estimate of drug-likeness (QED) is 0.171. The van der Waals surface area contributed by atoms with Gasteiger partial charge < -0.3 is 9.47 Å². The molecule has 2 amide bonds. The molecule has 8 heteroatoms. The molecule has 6 N–H and O–H groups in total. The van der Waals surface area contributed by atoms with Crippen molar-refractivity contribution in [2.24, 2.45) is 23.5 Å². The number of nitrogens with two attached hydrogens (primary N) is 2. The van der Waals surface area contributed by atoms with Crippen LogP contribution in [-0.4, -0.2) is 25.0 Å². The van der Waals surface area contributed by atoms with Gasteiger partial charge in [0.05, 0.1) is 24.3 Å². The summed E-state index contributed by atoms with van der Waals surface area (Å²) in [6.07, 6.45) is 8.46. The first kappa shape index (κ1) is 27.7. The second-order valence-corrected chi connectivity index (χ2v) is 8.25. The average Bonchev–Trinajstić information content (AvgIpc) is 2.83. The van der Waals surface area contributed by atoms with Gasteiger partial charge in [-0.1, -0.05) is 66.2 Å². The maximum Gasteiger partial charge on any atom is 0.269 e. The number of hydrazine groups is 2. The SMILES string of the molecule is CCCCC(CC)COc1cc(C(=O)NN)c(OCC(CC)CCCC)cc1C(=O)NN. The molecule has 0 aromatic heterocycles. The van der Waals surface area contributed by atoms with Crippen molar-refractivity contribution in [1.29, 1.82) is 0 Å². The van der Waals surface area contributed by atoms with Gasteiger partial charge in [-0.15, -0.1) is 0 Å². The number of hydrogen-bond donors (Lipinski definition) is 4. The molecule has 0 heterocycles. The zero-order chi connectivity index (χ0) is 23.9. The molecule has 1 rings (SSSR count). The van der Waals surface area contributed by atoms with Crippen molar-refractivity contribution in [3.63, 3.8) is 0 Å². The van der Waals surface area contributed by atoms with Crippen molar-refractivity contribution in [1.82, 2.24) is 10.9 Å². The molecule has 32 heavy (non-hydrogen) atoms. The molecule has 0 saturated carbocycles. The van der Waals surface area contributed by atoms with Crippen LogP contribution in [0.3, 0.4) is 0 Å². The monoisotopic (exact) mass is 450 g/mol. The van der Waals surface area contributed by atoms with Gasteiger partial charge in [-0.2, -0.15) is 0 Å². The first-order valence-electron chi connectivity index (χ1n) is 11.9. The summed E-state index contributed by atoms with van der Waals surface area (Å²) in [4.78, 5) is 24.9. The third-order valence-corrected chi connectivity index (χ3v) is 5.87. The summed E-state index contributed by atoms with van der Waals surface area (Å²) in [7, 11) is 0. The van der Waals surface area contributed by atoms with Gasteiger partial charge in [0.1, 0.15) is 11.5 Å². The number of carbonyl (C=O) groups is 2. The van der Waals surface area contributed by atoms with E-state index in [1.165, 1.54) is 12.1 Å². The van der Waals surface area contributed by atoms with Crippen LogP contribution in [0.1, 0.15) is 99.8 Å². The number of amides is 2. The number of hydrogen-bond acceptors (Lipinski definition) is 6. The number of ether oxygens (including phenoxy) is 2. The van der Waals surface area contributed by atoms with Crippen molar-refractivity contribution in [3.8, 4) is 11.5 Å². The number of nitrogen functional groups attached to an aromatic ring is 2. The minimum Gasteiger partial charge on any atom is -0.492 e. The molecule has 0 radical (unpaired) electrons. The third-order valence-electron chi connectivity index (χ3n) is 5.87. The second kappa shape index (κ2) is 15.5. The Hall–Kier alpha value is -2.32. The van der Waals surface area contributed by atoms with Crippen LogP contribution < -0.4 is 32.0 Å². The Morgan fingerprint density at radius 3 is 1.44 bits per heavy atom. The van der Waals surface area contributed by atoms with Gasteiger partial charge in [-0.3, -0.25) is 20.4 Å². The maximum absolute atomic E-state index is 12.5. The highest BCUT2D eigenvalue weighted by atomic mass is 16.5. The molecular formula is C24H42N4O4. The Morgan fingerprint density at radius 2 is 1.16 bits per heavy atom. The second-order valence-electron chi connectivity index (χ2n) is 8.25. The van der Waals surface area contributed by atoms with Gasteiger partial charge in [-0.25, -0.2) is 11.7 Å². The summed E-state index contributed by atoms with van der Waals surface area (Å²) in [5.74, 6) is 11.1. The Morgan fingerprint density at radius 1 is 0.781 bits per heavy atom. The topological polar surface area (TPSA) is 129 Å².